The third kappa shape index (κ3) is 2.35. The first-order chi connectivity index (χ1) is 6.36. The van der Waals surface area contributed by atoms with Crippen molar-refractivity contribution >= 4 is 0 Å². The lowest BCUT2D eigenvalue weighted by atomic mass is 10.0. The van der Waals surface area contributed by atoms with Gasteiger partial charge in [-0.05, 0) is 0 Å². The van der Waals surface area contributed by atoms with Crippen LogP contribution >= 0.6 is 0 Å². The van der Waals surface area contributed by atoms with Gasteiger partial charge in [0.05, 0.1) is 6.10 Å². The third-order valence-corrected chi connectivity index (χ3v) is 2.02. The summed E-state index contributed by atoms with van der Waals surface area (Å²) in [4.78, 5) is 0. The number of aliphatic hydroxyl groups is 2. The van der Waals surface area contributed by atoms with Gasteiger partial charge in [-0.2, -0.15) is 13.2 Å². The number of ether oxygens (including phenoxy) is 2. The van der Waals surface area contributed by atoms with Crippen molar-refractivity contribution in [1.29, 1.82) is 0 Å². The molecule has 4 atom stereocenters. The molecule has 0 aromatic rings. The third-order valence-electron chi connectivity index (χ3n) is 2.02. The summed E-state index contributed by atoms with van der Waals surface area (Å²) >= 11 is 0. The van der Waals surface area contributed by atoms with Crippen LogP contribution in [0.1, 0.15) is 6.42 Å². The minimum atomic E-state index is -4.71. The summed E-state index contributed by atoms with van der Waals surface area (Å²) in [5, 5.41) is 18.1. The number of methoxy groups -OCH3 is 1. The molecule has 0 saturated carbocycles. The molecule has 1 heterocycles. The summed E-state index contributed by atoms with van der Waals surface area (Å²) in [6.07, 6.45) is -11.9. The van der Waals surface area contributed by atoms with Gasteiger partial charge in [0.1, 0.15) is 6.10 Å². The summed E-state index contributed by atoms with van der Waals surface area (Å²) in [5.74, 6) is 0. The van der Waals surface area contributed by atoms with Crippen molar-refractivity contribution in [3.63, 3.8) is 0 Å². The summed E-state index contributed by atoms with van der Waals surface area (Å²) < 4.78 is 45.6. The minimum Gasteiger partial charge on any atom is -0.390 e. The van der Waals surface area contributed by atoms with E-state index in [-0.39, 0.29) is 6.42 Å². The number of alkyl halides is 3. The van der Waals surface area contributed by atoms with Gasteiger partial charge in [0.2, 0.25) is 0 Å². The highest BCUT2D eigenvalue weighted by Gasteiger charge is 2.52. The predicted octanol–water partition coefficient (Wildman–Crippen LogP) is 0.0319. The first kappa shape index (κ1) is 11.7. The van der Waals surface area contributed by atoms with Crippen LogP contribution < -0.4 is 0 Å². The van der Waals surface area contributed by atoms with E-state index in [4.69, 9.17) is 10.2 Å². The fourth-order valence-electron chi connectivity index (χ4n) is 1.26. The molecule has 2 N–H and O–H groups in total. The van der Waals surface area contributed by atoms with Crippen LogP contribution in [0, 0.1) is 0 Å². The standard InChI is InChI=1S/C7H11F3O4/c1-13-4-2-3(11)5(12)6(14-4)7(8,9)10/h3-6,11-12H,2H2,1H3. The van der Waals surface area contributed by atoms with Crippen LogP contribution in [0.4, 0.5) is 13.2 Å². The van der Waals surface area contributed by atoms with Gasteiger partial charge in [-0.1, -0.05) is 0 Å². The number of halogens is 3. The Labute approximate surface area is 78.2 Å². The SMILES string of the molecule is COC1CC(O)C(O)C(C(F)(F)F)O1. The molecule has 1 saturated heterocycles. The van der Waals surface area contributed by atoms with Crippen LogP contribution in [0.3, 0.4) is 0 Å². The highest BCUT2D eigenvalue weighted by atomic mass is 19.4. The lowest BCUT2D eigenvalue weighted by molar-refractivity contribution is -0.324. The fraction of sp³-hybridized carbons (Fsp3) is 1.00. The molecular weight excluding hydrogens is 205 g/mol. The molecule has 1 rings (SSSR count). The van der Waals surface area contributed by atoms with Gasteiger partial charge in [-0.3, -0.25) is 0 Å². The Kier molecular flexibility index (Phi) is 3.36. The molecule has 84 valence electrons. The Morgan fingerprint density at radius 1 is 1.36 bits per heavy atom. The monoisotopic (exact) mass is 216 g/mol. The summed E-state index contributed by atoms with van der Waals surface area (Å²) in [6.45, 7) is 0. The van der Waals surface area contributed by atoms with Gasteiger partial charge in [-0.15, -0.1) is 0 Å². The summed E-state index contributed by atoms with van der Waals surface area (Å²) in [7, 11) is 1.17. The van der Waals surface area contributed by atoms with Gasteiger partial charge in [-0.25, -0.2) is 0 Å². The Morgan fingerprint density at radius 2 is 1.93 bits per heavy atom. The second-order valence-electron chi connectivity index (χ2n) is 3.06. The zero-order valence-electron chi connectivity index (χ0n) is 7.36. The molecule has 0 aromatic carbocycles. The van der Waals surface area contributed by atoms with Crippen molar-refractivity contribution in [2.75, 3.05) is 7.11 Å². The van der Waals surface area contributed by atoms with E-state index in [1.54, 1.807) is 0 Å². The minimum absolute atomic E-state index is 0.176. The van der Waals surface area contributed by atoms with Crippen molar-refractivity contribution < 1.29 is 32.9 Å². The van der Waals surface area contributed by atoms with E-state index in [1.807, 2.05) is 0 Å². The topological polar surface area (TPSA) is 58.9 Å². The van der Waals surface area contributed by atoms with Crippen LogP contribution in [-0.2, 0) is 9.47 Å². The molecule has 0 bridgehead atoms. The average Bonchev–Trinajstić information content (AvgIpc) is 2.07. The first-order valence-electron chi connectivity index (χ1n) is 3.97. The lowest BCUT2D eigenvalue weighted by Gasteiger charge is -2.37. The first-order valence-corrected chi connectivity index (χ1v) is 3.97. The second kappa shape index (κ2) is 4.01. The molecule has 0 aliphatic carbocycles. The molecule has 0 amide bonds. The molecule has 0 aromatic heterocycles. The summed E-state index contributed by atoms with van der Waals surface area (Å²) in [6, 6.07) is 0. The van der Waals surface area contributed by atoms with E-state index in [1.165, 1.54) is 7.11 Å². The zero-order valence-corrected chi connectivity index (χ0v) is 7.36. The highest BCUT2D eigenvalue weighted by molar-refractivity contribution is 4.87. The summed E-state index contributed by atoms with van der Waals surface area (Å²) in [5.41, 5.74) is 0. The maximum Gasteiger partial charge on any atom is 0.417 e. The number of hydrogen-bond acceptors (Lipinski definition) is 4. The van der Waals surface area contributed by atoms with E-state index in [2.05, 4.69) is 9.47 Å². The van der Waals surface area contributed by atoms with Gasteiger partial charge in [0.25, 0.3) is 0 Å². The van der Waals surface area contributed by atoms with Crippen LogP contribution in [0.5, 0.6) is 0 Å². The van der Waals surface area contributed by atoms with E-state index in [0.717, 1.165) is 0 Å². The van der Waals surface area contributed by atoms with Crippen LogP contribution in [0.25, 0.3) is 0 Å². The van der Waals surface area contributed by atoms with Crippen molar-refractivity contribution in [3.05, 3.63) is 0 Å². The Bertz CT molecular complexity index is 196. The molecule has 7 heteroatoms. The van der Waals surface area contributed by atoms with E-state index in [9.17, 15) is 13.2 Å². The molecule has 1 aliphatic rings. The van der Waals surface area contributed by atoms with Crippen LogP contribution in [-0.4, -0.2) is 48.1 Å². The Hall–Kier alpha value is -0.370. The number of aliphatic hydroxyl groups excluding tert-OH is 2. The van der Waals surface area contributed by atoms with Crippen molar-refractivity contribution in [3.8, 4) is 0 Å². The smallest absolute Gasteiger partial charge is 0.390 e. The average molecular weight is 216 g/mol. The molecule has 0 spiro atoms. The number of hydrogen-bond donors (Lipinski definition) is 2. The molecule has 1 fully saturated rings. The van der Waals surface area contributed by atoms with Crippen LogP contribution in [0.2, 0.25) is 0 Å². The molecule has 0 radical (unpaired) electrons. The largest absolute Gasteiger partial charge is 0.417 e. The Balaban J connectivity index is 2.73. The van der Waals surface area contributed by atoms with Gasteiger partial charge >= 0.3 is 6.18 Å². The van der Waals surface area contributed by atoms with Gasteiger partial charge in [0.15, 0.2) is 12.4 Å². The van der Waals surface area contributed by atoms with Crippen LogP contribution in [0.15, 0.2) is 0 Å². The normalized spacial score (nSPS) is 39.9. The molecule has 4 nitrogen and oxygen atoms in total. The quantitative estimate of drug-likeness (QED) is 0.649. The fourth-order valence-corrected chi connectivity index (χ4v) is 1.26. The number of rotatable bonds is 1. The Morgan fingerprint density at radius 3 is 2.36 bits per heavy atom. The molecule has 1 aliphatic heterocycles. The molecular formula is C7H11F3O4. The predicted molar refractivity (Wildman–Crippen MR) is 38.4 cm³/mol. The lowest BCUT2D eigenvalue weighted by Crippen LogP contribution is -2.55. The van der Waals surface area contributed by atoms with Crippen molar-refractivity contribution in [2.24, 2.45) is 0 Å². The molecule has 4 unspecified atom stereocenters. The maximum atomic E-state index is 12.2. The van der Waals surface area contributed by atoms with E-state index in [0.29, 0.717) is 0 Å². The van der Waals surface area contributed by atoms with Gasteiger partial charge in [0, 0.05) is 13.5 Å². The molecule has 14 heavy (non-hydrogen) atoms. The van der Waals surface area contributed by atoms with Crippen molar-refractivity contribution in [2.45, 2.75) is 37.2 Å². The van der Waals surface area contributed by atoms with E-state index >= 15 is 0 Å². The van der Waals surface area contributed by atoms with E-state index < -0.39 is 30.8 Å². The van der Waals surface area contributed by atoms with Crippen molar-refractivity contribution in [1.82, 2.24) is 0 Å². The maximum absolute atomic E-state index is 12.2. The zero-order chi connectivity index (χ0) is 10.9. The highest BCUT2D eigenvalue weighted by Crippen LogP contribution is 2.32. The van der Waals surface area contributed by atoms with Gasteiger partial charge < -0.3 is 19.7 Å². The second-order valence-corrected chi connectivity index (χ2v) is 3.06.